The Kier molecular flexibility index (Phi) is 8.12. The Balaban J connectivity index is 1.92. The molecule has 0 saturated heterocycles. The smallest absolute Gasteiger partial charge is 0.341 e. The first kappa shape index (κ1) is 20.1. The van der Waals surface area contributed by atoms with Gasteiger partial charge in [-0.05, 0) is 48.2 Å². The molecule has 3 N–H and O–H groups in total. The standard InChI is InChI=1S/C18H28BrN3O3/c1-12(23)16(22-14-6-4-3-5-7-14)8-9-20-17-15(18(24)25-2)10-13(19)11-21-17/h10-12,14,16,22-23H,3-9H2,1-2H3,(H,20,21). The maximum Gasteiger partial charge on any atom is 0.341 e. The van der Waals surface area contributed by atoms with E-state index in [-0.39, 0.29) is 6.04 Å². The Morgan fingerprint density at radius 3 is 2.80 bits per heavy atom. The Morgan fingerprint density at radius 2 is 2.16 bits per heavy atom. The first-order valence-electron chi connectivity index (χ1n) is 8.93. The summed E-state index contributed by atoms with van der Waals surface area (Å²) in [6.07, 6.45) is 8.14. The van der Waals surface area contributed by atoms with Crippen LogP contribution in [0.25, 0.3) is 0 Å². The van der Waals surface area contributed by atoms with Crippen LogP contribution < -0.4 is 10.6 Å². The molecule has 0 amide bonds. The number of pyridine rings is 1. The number of hydrogen-bond donors (Lipinski definition) is 3. The van der Waals surface area contributed by atoms with Crippen LogP contribution in [-0.4, -0.2) is 47.9 Å². The zero-order valence-electron chi connectivity index (χ0n) is 14.9. The summed E-state index contributed by atoms with van der Waals surface area (Å²) < 4.78 is 5.53. The number of nitrogens with zero attached hydrogens (tertiary/aromatic N) is 1. The highest BCUT2D eigenvalue weighted by Gasteiger charge is 2.21. The predicted molar refractivity (Wildman–Crippen MR) is 102 cm³/mol. The molecule has 7 heteroatoms. The number of anilines is 1. The van der Waals surface area contributed by atoms with Crippen LogP contribution in [0.3, 0.4) is 0 Å². The largest absolute Gasteiger partial charge is 0.465 e. The lowest BCUT2D eigenvalue weighted by Gasteiger charge is -2.30. The van der Waals surface area contributed by atoms with Crippen molar-refractivity contribution >= 4 is 27.7 Å². The molecule has 0 spiro atoms. The maximum atomic E-state index is 11.9. The van der Waals surface area contributed by atoms with E-state index < -0.39 is 12.1 Å². The summed E-state index contributed by atoms with van der Waals surface area (Å²) in [6, 6.07) is 2.20. The highest BCUT2D eigenvalue weighted by Crippen LogP contribution is 2.20. The molecule has 140 valence electrons. The molecule has 0 aromatic carbocycles. The number of esters is 1. The quantitative estimate of drug-likeness (QED) is 0.567. The highest BCUT2D eigenvalue weighted by molar-refractivity contribution is 9.10. The summed E-state index contributed by atoms with van der Waals surface area (Å²) in [5.74, 6) is 0.0702. The van der Waals surface area contributed by atoms with Crippen LogP contribution in [0.5, 0.6) is 0 Å². The van der Waals surface area contributed by atoms with E-state index in [1.165, 1.54) is 39.2 Å². The van der Waals surface area contributed by atoms with Gasteiger partial charge in [0, 0.05) is 29.3 Å². The van der Waals surface area contributed by atoms with Gasteiger partial charge in [0.05, 0.1) is 13.2 Å². The van der Waals surface area contributed by atoms with Crippen LogP contribution in [0, 0.1) is 0 Å². The van der Waals surface area contributed by atoms with E-state index >= 15 is 0 Å². The van der Waals surface area contributed by atoms with Crippen LogP contribution >= 0.6 is 15.9 Å². The zero-order chi connectivity index (χ0) is 18.2. The number of nitrogens with one attached hydrogen (secondary N) is 2. The third-order valence-corrected chi connectivity index (χ3v) is 5.08. The average Bonchev–Trinajstić information content (AvgIpc) is 2.62. The molecule has 0 radical (unpaired) electrons. The molecule has 0 aliphatic heterocycles. The monoisotopic (exact) mass is 413 g/mol. The average molecular weight is 414 g/mol. The number of carbonyl (C=O) groups is 1. The fraction of sp³-hybridized carbons (Fsp3) is 0.667. The Hall–Kier alpha value is -1.18. The number of aliphatic hydroxyl groups excluding tert-OH is 1. The summed E-state index contributed by atoms with van der Waals surface area (Å²) in [6.45, 7) is 2.42. The fourth-order valence-electron chi connectivity index (χ4n) is 3.23. The molecule has 1 saturated carbocycles. The Bertz CT molecular complexity index is 562. The lowest BCUT2D eigenvalue weighted by atomic mass is 9.94. The van der Waals surface area contributed by atoms with Gasteiger partial charge in [0.2, 0.25) is 0 Å². The minimum atomic E-state index is -0.429. The van der Waals surface area contributed by atoms with Crippen LogP contribution in [0.4, 0.5) is 5.82 Å². The van der Waals surface area contributed by atoms with E-state index in [9.17, 15) is 9.90 Å². The van der Waals surface area contributed by atoms with Gasteiger partial charge >= 0.3 is 5.97 Å². The van der Waals surface area contributed by atoms with Crippen molar-refractivity contribution in [2.45, 2.75) is 63.6 Å². The normalized spacial score (nSPS) is 17.8. The summed E-state index contributed by atoms with van der Waals surface area (Å²) in [5, 5.41) is 16.9. The fourth-order valence-corrected chi connectivity index (χ4v) is 3.56. The van der Waals surface area contributed by atoms with Crippen LogP contribution in [0.1, 0.15) is 55.8 Å². The molecule has 25 heavy (non-hydrogen) atoms. The molecule has 1 aliphatic rings. The Labute approximate surface area is 157 Å². The molecular formula is C18H28BrN3O3. The number of ether oxygens (including phenoxy) is 1. The summed E-state index contributed by atoms with van der Waals surface area (Å²) in [7, 11) is 1.35. The van der Waals surface area contributed by atoms with Crippen molar-refractivity contribution in [2.75, 3.05) is 19.0 Å². The van der Waals surface area contributed by atoms with E-state index in [0.29, 0.717) is 24.0 Å². The van der Waals surface area contributed by atoms with E-state index in [0.717, 1.165) is 10.9 Å². The molecule has 2 unspecified atom stereocenters. The third-order valence-electron chi connectivity index (χ3n) is 4.64. The van der Waals surface area contributed by atoms with E-state index in [4.69, 9.17) is 4.74 Å². The highest BCUT2D eigenvalue weighted by atomic mass is 79.9. The molecule has 2 rings (SSSR count). The molecule has 6 nitrogen and oxygen atoms in total. The molecule has 0 bridgehead atoms. The van der Waals surface area contributed by atoms with Gasteiger partial charge in [-0.1, -0.05) is 19.3 Å². The second-order valence-electron chi connectivity index (χ2n) is 6.61. The van der Waals surface area contributed by atoms with Gasteiger partial charge in [0.25, 0.3) is 0 Å². The zero-order valence-corrected chi connectivity index (χ0v) is 16.5. The number of halogens is 1. The molecule has 1 heterocycles. The van der Waals surface area contributed by atoms with Crippen molar-refractivity contribution in [3.8, 4) is 0 Å². The predicted octanol–water partition coefficient (Wildman–Crippen LogP) is 3.10. The van der Waals surface area contributed by atoms with Gasteiger partial charge < -0.3 is 20.5 Å². The molecule has 2 atom stereocenters. The number of hydrogen-bond acceptors (Lipinski definition) is 6. The number of carbonyl (C=O) groups excluding carboxylic acids is 1. The van der Waals surface area contributed by atoms with Crippen molar-refractivity contribution in [1.29, 1.82) is 0 Å². The van der Waals surface area contributed by atoms with Gasteiger partial charge in [-0.2, -0.15) is 0 Å². The second kappa shape index (κ2) is 10.1. The number of rotatable bonds is 8. The third kappa shape index (κ3) is 6.24. The lowest BCUT2D eigenvalue weighted by Crippen LogP contribution is -2.46. The van der Waals surface area contributed by atoms with Crippen LogP contribution in [0.2, 0.25) is 0 Å². The van der Waals surface area contributed by atoms with Crippen LogP contribution in [-0.2, 0) is 4.74 Å². The maximum absolute atomic E-state index is 11.9. The summed E-state index contributed by atoms with van der Waals surface area (Å²) >= 11 is 3.32. The number of methoxy groups -OCH3 is 1. The first-order valence-corrected chi connectivity index (χ1v) is 9.72. The van der Waals surface area contributed by atoms with E-state index in [2.05, 4.69) is 31.5 Å². The molecular weight excluding hydrogens is 386 g/mol. The molecule has 1 aromatic rings. The van der Waals surface area contributed by atoms with Gasteiger partial charge in [0.15, 0.2) is 0 Å². The van der Waals surface area contributed by atoms with Gasteiger partial charge in [-0.25, -0.2) is 9.78 Å². The van der Waals surface area contributed by atoms with Gasteiger partial charge in [-0.3, -0.25) is 0 Å². The summed E-state index contributed by atoms with van der Waals surface area (Å²) in [4.78, 5) is 16.1. The van der Waals surface area contributed by atoms with Crippen LogP contribution in [0.15, 0.2) is 16.7 Å². The van der Waals surface area contributed by atoms with E-state index in [1.54, 1.807) is 12.3 Å². The van der Waals surface area contributed by atoms with Crippen molar-refractivity contribution in [3.63, 3.8) is 0 Å². The second-order valence-corrected chi connectivity index (χ2v) is 7.52. The van der Waals surface area contributed by atoms with Crippen molar-refractivity contribution < 1.29 is 14.6 Å². The lowest BCUT2D eigenvalue weighted by molar-refractivity contribution is 0.0601. The topological polar surface area (TPSA) is 83.5 Å². The van der Waals surface area contributed by atoms with Crippen molar-refractivity contribution in [3.05, 3.63) is 22.3 Å². The number of aliphatic hydroxyl groups is 1. The summed E-state index contributed by atoms with van der Waals surface area (Å²) in [5.41, 5.74) is 0.394. The molecule has 1 aromatic heterocycles. The van der Waals surface area contributed by atoms with Crippen molar-refractivity contribution in [2.24, 2.45) is 0 Å². The molecule has 1 fully saturated rings. The van der Waals surface area contributed by atoms with Crippen molar-refractivity contribution in [1.82, 2.24) is 10.3 Å². The Morgan fingerprint density at radius 1 is 1.44 bits per heavy atom. The number of aromatic nitrogens is 1. The van der Waals surface area contributed by atoms with E-state index in [1.807, 2.05) is 6.92 Å². The minimum Gasteiger partial charge on any atom is -0.465 e. The van der Waals surface area contributed by atoms with Gasteiger partial charge in [0.1, 0.15) is 11.4 Å². The first-order chi connectivity index (χ1) is 12.0. The SMILES string of the molecule is COC(=O)c1cc(Br)cnc1NCCC(NC1CCCCC1)C(C)O. The minimum absolute atomic E-state index is 0.0209. The van der Waals surface area contributed by atoms with Gasteiger partial charge in [-0.15, -0.1) is 0 Å². The molecule has 1 aliphatic carbocycles.